The second-order valence-corrected chi connectivity index (χ2v) is 5.64. The number of phenolic OH excluding ortho intramolecular Hbond substituents is 1. The lowest BCUT2D eigenvalue weighted by molar-refractivity contribution is -0.154. The summed E-state index contributed by atoms with van der Waals surface area (Å²) in [6, 6.07) is 6.24. The van der Waals surface area contributed by atoms with Gasteiger partial charge in [0.15, 0.2) is 0 Å². The van der Waals surface area contributed by atoms with Gasteiger partial charge in [-0.15, -0.1) is 0 Å². The van der Waals surface area contributed by atoms with Gasteiger partial charge in [-0.1, -0.05) is 19.1 Å². The number of hydrogen-bond donors (Lipinski definition) is 2. The van der Waals surface area contributed by atoms with Crippen molar-refractivity contribution in [3.63, 3.8) is 0 Å². The summed E-state index contributed by atoms with van der Waals surface area (Å²) in [4.78, 5) is 26.2. The first kappa shape index (κ1) is 14.4. The summed E-state index contributed by atoms with van der Waals surface area (Å²) < 4.78 is 0. The molecule has 5 nitrogen and oxygen atoms in total. The minimum atomic E-state index is -0.875. The third kappa shape index (κ3) is 2.61. The van der Waals surface area contributed by atoms with E-state index in [1.807, 2.05) is 6.92 Å². The molecule has 2 amide bonds. The van der Waals surface area contributed by atoms with Crippen LogP contribution in [0.3, 0.4) is 0 Å². The van der Waals surface area contributed by atoms with Gasteiger partial charge in [-0.2, -0.15) is 0 Å². The van der Waals surface area contributed by atoms with Crippen LogP contribution in [0.15, 0.2) is 24.3 Å². The fraction of sp³-hybridized carbons (Fsp3) is 0.467. The lowest BCUT2D eigenvalue weighted by Crippen LogP contribution is -2.67. The molecule has 2 N–H and O–H groups in total. The van der Waals surface area contributed by atoms with Crippen LogP contribution in [-0.2, 0) is 16.1 Å². The van der Waals surface area contributed by atoms with Crippen LogP contribution in [0.1, 0.15) is 32.8 Å². The van der Waals surface area contributed by atoms with Crippen molar-refractivity contribution >= 4 is 11.8 Å². The summed E-state index contributed by atoms with van der Waals surface area (Å²) in [7, 11) is 0. The maximum atomic E-state index is 12.5. The molecule has 1 atom stereocenters. The lowest BCUT2D eigenvalue weighted by atomic mass is 9.95. The Hall–Kier alpha value is -2.04. The molecule has 2 rings (SSSR count). The predicted molar refractivity (Wildman–Crippen MR) is 75.0 cm³/mol. The zero-order valence-corrected chi connectivity index (χ0v) is 12.0. The highest BCUT2D eigenvalue weighted by Crippen LogP contribution is 2.22. The SMILES string of the molecule is CCC1C(=O)NC(C)(C)C(=O)N1Cc1ccc(O)cc1. The van der Waals surface area contributed by atoms with Crippen LogP contribution in [-0.4, -0.2) is 33.4 Å². The van der Waals surface area contributed by atoms with Crippen molar-refractivity contribution in [1.29, 1.82) is 0 Å². The molecule has 0 aromatic heterocycles. The quantitative estimate of drug-likeness (QED) is 0.877. The molecule has 20 heavy (non-hydrogen) atoms. The number of rotatable bonds is 3. The zero-order valence-electron chi connectivity index (χ0n) is 12.0. The van der Waals surface area contributed by atoms with E-state index >= 15 is 0 Å². The van der Waals surface area contributed by atoms with Crippen LogP contribution >= 0.6 is 0 Å². The van der Waals surface area contributed by atoms with Crippen molar-refractivity contribution in [1.82, 2.24) is 10.2 Å². The first-order chi connectivity index (χ1) is 9.35. The first-order valence-corrected chi connectivity index (χ1v) is 6.76. The maximum Gasteiger partial charge on any atom is 0.248 e. The molecule has 0 aliphatic carbocycles. The molecule has 1 aromatic rings. The van der Waals surface area contributed by atoms with Crippen molar-refractivity contribution in [3.8, 4) is 5.75 Å². The standard InChI is InChI=1S/C15H20N2O3/c1-4-12-13(19)16-15(2,3)14(20)17(12)9-10-5-7-11(18)8-6-10/h5-8,12,18H,4,9H2,1-3H3,(H,16,19). The highest BCUT2D eigenvalue weighted by molar-refractivity contribution is 5.99. The van der Waals surface area contributed by atoms with E-state index in [2.05, 4.69) is 5.32 Å². The molecule has 0 bridgehead atoms. The van der Waals surface area contributed by atoms with Crippen molar-refractivity contribution in [2.24, 2.45) is 0 Å². The van der Waals surface area contributed by atoms with Crippen LogP contribution < -0.4 is 5.32 Å². The third-order valence-electron chi connectivity index (χ3n) is 3.59. The Labute approximate surface area is 118 Å². The second kappa shape index (κ2) is 5.15. The van der Waals surface area contributed by atoms with E-state index in [0.717, 1.165) is 5.56 Å². The van der Waals surface area contributed by atoms with Crippen molar-refractivity contribution < 1.29 is 14.7 Å². The molecular weight excluding hydrogens is 256 g/mol. The van der Waals surface area contributed by atoms with E-state index in [-0.39, 0.29) is 17.6 Å². The number of carbonyl (C=O) groups excluding carboxylic acids is 2. The van der Waals surface area contributed by atoms with Gasteiger partial charge < -0.3 is 15.3 Å². The topological polar surface area (TPSA) is 69.6 Å². The highest BCUT2D eigenvalue weighted by atomic mass is 16.3. The number of nitrogens with one attached hydrogen (secondary N) is 1. The molecule has 1 aromatic carbocycles. The van der Waals surface area contributed by atoms with Gasteiger partial charge in [0.05, 0.1) is 0 Å². The number of hydrogen-bond acceptors (Lipinski definition) is 3. The fourth-order valence-electron chi connectivity index (χ4n) is 2.47. The van der Waals surface area contributed by atoms with E-state index in [9.17, 15) is 14.7 Å². The molecule has 0 saturated carbocycles. The number of amides is 2. The Kier molecular flexibility index (Phi) is 3.70. The zero-order chi connectivity index (χ0) is 14.9. The molecule has 0 radical (unpaired) electrons. The van der Waals surface area contributed by atoms with Gasteiger partial charge in [-0.05, 0) is 38.0 Å². The minimum Gasteiger partial charge on any atom is -0.508 e. The van der Waals surface area contributed by atoms with Crippen molar-refractivity contribution in [3.05, 3.63) is 29.8 Å². The summed E-state index contributed by atoms with van der Waals surface area (Å²) in [6.45, 7) is 5.68. The van der Waals surface area contributed by atoms with Crippen LogP contribution in [0.5, 0.6) is 5.75 Å². The van der Waals surface area contributed by atoms with E-state index in [0.29, 0.717) is 13.0 Å². The molecule has 1 heterocycles. The van der Waals surface area contributed by atoms with Gasteiger partial charge in [-0.3, -0.25) is 9.59 Å². The number of nitrogens with zero attached hydrogens (tertiary/aromatic N) is 1. The largest absolute Gasteiger partial charge is 0.508 e. The van der Waals surface area contributed by atoms with Crippen molar-refractivity contribution in [2.45, 2.75) is 45.3 Å². The molecule has 1 aliphatic rings. The van der Waals surface area contributed by atoms with Gasteiger partial charge in [-0.25, -0.2) is 0 Å². The van der Waals surface area contributed by atoms with Crippen molar-refractivity contribution in [2.75, 3.05) is 0 Å². The Balaban J connectivity index is 2.27. The van der Waals surface area contributed by atoms with E-state index in [1.165, 1.54) is 0 Å². The van der Waals surface area contributed by atoms with E-state index < -0.39 is 11.6 Å². The Morgan fingerprint density at radius 1 is 1.25 bits per heavy atom. The smallest absolute Gasteiger partial charge is 0.248 e. The molecule has 108 valence electrons. The normalized spacial score (nSPS) is 21.8. The molecule has 1 aliphatic heterocycles. The summed E-state index contributed by atoms with van der Waals surface area (Å²) in [5.74, 6) is -0.0169. The molecule has 1 unspecified atom stereocenters. The molecule has 5 heteroatoms. The van der Waals surface area contributed by atoms with E-state index in [1.54, 1.807) is 43.0 Å². The van der Waals surface area contributed by atoms with Gasteiger partial charge >= 0.3 is 0 Å². The minimum absolute atomic E-state index is 0.0861. The van der Waals surface area contributed by atoms with Gasteiger partial charge in [0.1, 0.15) is 17.3 Å². The van der Waals surface area contributed by atoms with Crippen LogP contribution in [0.4, 0.5) is 0 Å². The maximum absolute atomic E-state index is 12.5. The Morgan fingerprint density at radius 2 is 1.85 bits per heavy atom. The molecular formula is C15H20N2O3. The fourth-order valence-corrected chi connectivity index (χ4v) is 2.47. The van der Waals surface area contributed by atoms with Crippen LogP contribution in [0.25, 0.3) is 0 Å². The highest BCUT2D eigenvalue weighted by Gasteiger charge is 2.44. The average Bonchev–Trinajstić information content (AvgIpc) is 2.38. The number of piperazine rings is 1. The van der Waals surface area contributed by atoms with E-state index in [4.69, 9.17) is 0 Å². The molecule has 1 fully saturated rings. The summed E-state index contributed by atoms with van der Waals surface area (Å²) in [5, 5.41) is 12.1. The summed E-state index contributed by atoms with van der Waals surface area (Å²) >= 11 is 0. The molecule has 0 spiro atoms. The monoisotopic (exact) mass is 276 g/mol. The number of phenols is 1. The molecule has 1 saturated heterocycles. The average molecular weight is 276 g/mol. The van der Waals surface area contributed by atoms with Gasteiger partial charge in [0.25, 0.3) is 0 Å². The van der Waals surface area contributed by atoms with Crippen LogP contribution in [0, 0.1) is 0 Å². The first-order valence-electron chi connectivity index (χ1n) is 6.76. The summed E-state index contributed by atoms with van der Waals surface area (Å²) in [5.41, 5.74) is 0.0137. The van der Waals surface area contributed by atoms with Gasteiger partial charge in [0.2, 0.25) is 11.8 Å². The number of benzene rings is 1. The summed E-state index contributed by atoms with van der Waals surface area (Å²) in [6.07, 6.45) is 0.575. The third-order valence-corrected chi connectivity index (χ3v) is 3.59. The van der Waals surface area contributed by atoms with Crippen LogP contribution in [0.2, 0.25) is 0 Å². The predicted octanol–water partition coefficient (Wildman–Crippen LogP) is 1.41. The number of aromatic hydroxyl groups is 1. The van der Waals surface area contributed by atoms with Gasteiger partial charge in [0, 0.05) is 6.54 Å². The number of carbonyl (C=O) groups is 2. The second-order valence-electron chi connectivity index (χ2n) is 5.64. The Morgan fingerprint density at radius 3 is 2.40 bits per heavy atom. The Bertz CT molecular complexity index is 522. The lowest BCUT2D eigenvalue weighted by Gasteiger charge is -2.42.